The van der Waals surface area contributed by atoms with Crippen LogP contribution < -0.4 is 0 Å². The van der Waals surface area contributed by atoms with Crippen LogP contribution >= 0.6 is 0 Å². The second kappa shape index (κ2) is 6.05. The van der Waals surface area contributed by atoms with Crippen molar-refractivity contribution >= 4 is 0 Å². The molecular weight excluding hydrogens is 116 g/mol. The van der Waals surface area contributed by atoms with Crippen LogP contribution in [0.4, 0.5) is 0 Å². The van der Waals surface area contributed by atoms with Crippen molar-refractivity contribution in [2.75, 3.05) is 6.61 Å². The molecule has 0 unspecified atom stereocenters. The van der Waals surface area contributed by atoms with E-state index in [4.69, 9.17) is 6.54 Å². The third-order valence-electron chi connectivity index (χ3n) is 1.33. The lowest BCUT2D eigenvalue weighted by Gasteiger charge is -2.04. The molecular formula is C7H16O2. The van der Waals surface area contributed by atoms with Gasteiger partial charge in [-0.25, -0.2) is 0 Å². The summed E-state index contributed by atoms with van der Waals surface area (Å²) in [6.45, 7) is 2.26. The highest BCUT2D eigenvalue weighted by molar-refractivity contribution is 4.51. The summed E-state index contributed by atoms with van der Waals surface area (Å²) < 4.78 is 6.35. The molecule has 0 aliphatic carbocycles. The Kier molecular flexibility index (Phi) is 4.72. The zero-order chi connectivity index (χ0) is 7.82. The Balaban J connectivity index is 2.97. The summed E-state index contributed by atoms with van der Waals surface area (Å²) in [4.78, 5) is 0. The summed E-state index contributed by atoms with van der Waals surface area (Å²) in [6.07, 6.45) is 3.65. The van der Waals surface area contributed by atoms with Gasteiger partial charge in [0.1, 0.15) is 0 Å². The van der Waals surface area contributed by atoms with Crippen molar-refractivity contribution in [2.24, 2.45) is 0 Å². The van der Waals surface area contributed by atoms with Crippen LogP contribution in [0, 0.1) is 0 Å². The van der Waals surface area contributed by atoms with Gasteiger partial charge >= 0.3 is 0 Å². The minimum absolute atomic E-state index is 0.143. The van der Waals surface area contributed by atoms with Crippen molar-refractivity contribution in [3.8, 4) is 0 Å². The molecule has 0 heterocycles. The lowest BCUT2D eigenvalue weighted by molar-refractivity contribution is 0.0861. The average molecular weight is 133 g/mol. The van der Waals surface area contributed by atoms with E-state index in [2.05, 4.69) is 12.0 Å². The van der Waals surface area contributed by atoms with Gasteiger partial charge in [-0.05, 0) is 6.42 Å². The predicted octanol–water partition coefficient (Wildman–Crippen LogP) is 0.920. The Bertz CT molecular complexity index is 68.6. The SMILES string of the molecule is [2H]OC[C@@H](O)CCCCC. The van der Waals surface area contributed by atoms with Gasteiger partial charge in [0.05, 0.1) is 12.7 Å². The molecule has 0 spiro atoms. The van der Waals surface area contributed by atoms with E-state index in [1.165, 1.54) is 0 Å². The van der Waals surface area contributed by atoms with Gasteiger partial charge in [-0.3, -0.25) is 0 Å². The molecule has 0 rings (SSSR count). The van der Waals surface area contributed by atoms with Crippen LogP contribution in [0.3, 0.4) is 0 Å². The van der Waals surface area contributed by atoms with Crippen molar-refractivity contribution in [1.82, 2.24) is 0 Å². The van der Waals surface area contributed by atoms with Gasteiger partial charge in [-0.2, -0.15) is 0 Å². The number of unbranched alkanes of at least 4 members (excludes halogenated alkanes) is 2. The first-order valence-electron chi connectivity index (χ1n) is 3.98. The van der Waals surface area contributed by atoms with Crippen LogP contribution in [0.25, 0.3) is 0 Å². The molecule has 2 N–H and O–H groups in total. The molecule has 1 atom stereocenters. The lowest BCUT2D eigenvalue weighted by Crippen LogP contribution is -2.10. The summed E-state index contributed by atoms with van der Waals surface area (Å²) >= 11 is 0. The standard InChI is InChI=1S/C7H16O2/c1-2-3-4-5-7(9)6-8/h7-9H,2-6H2,1H3/t7-/m0/s1/i8D. The summed E-state index contributed by atoms with van der Waals surface area (Å²) in [5.74, 6) is 0. The molecule has 0 aromatic heterocycles. The predicted molar refractivity (Wildman–Crippen MR) is 37.2 cm³/mol. The number of hydrogen-bond acceptors (Lipinski definition) is 2. The van der Waals surface area contributed by atoms with Gasteiger partial charge in [-0.15, -0.1) is 0 Å². The monoisotopic (exact) mass is 133 g/mol. The van der Waals surface area contributed by atoms with E-state index < -0.39 is 6.10 Å². The zero-order valence-electron chi connectivity index (χ0n) is 6.97. The topological polar surface area (TPSA) is 40.5 Å². The Morgan fingerprint density at radius 1 is 1.56 bits per heavy atom. The van der Waals surface area contributed by atoms with Gasteiger partial charge in [-0.1, -0.05) is 26.2 Å². The van der Waals surface area contributed by atoms with Crippen LogP contribution in [-0.2, 0) is 0 Å². The van der Waals surface area contributed by atoms with Crippen molar-refractivity contribution in [1.29, 1.82) is 1.43 Å². The summed E-state index contributed by atoms with van der Waals surface area (Å²) in [7, 11) is 0. The van der Waals surface area contributed by atoms with E-state index in [9.17, 15) is 0 Å². The first-order valence-corrected chi connectivity index (χ1v) is 3.57. The third-order valence-corrected chi connectivity index (χ3v) is 1.33. The Hall–Kier alpha value is -0.0800. The summed E-state index contributed by atoms with van der Waals surface area (Å²) in [5, 5.41) is 13.1. The number of aliphatic hydroxyl groups excluding tert-OH is 2. The molecule has 2 nitrogen and oxygen atoms in total. The molecule has 0 amide bonds. The fourth-order valence-electron chi connectivity index (χ4n) is 0.713. The molecule has 9 heavy (non-hydrogen) atoms. The van der Waals surface area contributed by atoms with Crippen LogP contribution in [0.15, 0.2) is 0 Å². The fraction of sp³-hybridized carbons (Fsp3) is 1.00. The average Bonchev–Trinajstić information content (AvgIpc) is 1.89. The van der Waals surface area contributed by atoms with E-state index in [1.54, 1.807) is 0 Å². The molecule has 0 aliphatic heterocycles. The van der Waals surface area contributed by atoms with E-state index in [1.807, 2.05) is 0 Å². The Labute approximate surface area is 58.0 Å². The van der Waals surface area contributed by atoms with Gasteiger partial charge in [0, 0.05) is 0 Å². The molecule has 0 radical (unpaired) electrons. The largest absolute Gasteiger partial charge is 0.394 e. The van der Waals surface area contributed by atoms with Crippen molar-refractivity contribution < 1.29 is 10.2 Å². The highest BCUT2D eigenvalue weighted by atomic mass is 16.3. The first kappa shape index (κ1) is 7.03. The smallest absolute Gasteiger partial charge is 0.210 e. The Morgan fingerprint density at radius 2 is 2.33 bits per heavy atom. The van der Waals surface area contributed by atoms with Gasteiger partial charge in [0.25, 0.3) is 0 Å². The van der Waals surface area contributed by atoms with Crippen molar-refractivity contribution in [3.63, 3.8) is 0 Å². The number of hydrogen-bond donors (Lipinski definition) is 2. The normalized spacial score (nSPS) is 15.1. The zero-order valence-corrected chi connectivity index (χ0v) is 5.97. The maximum absolute atomic E-state index is 9.03. The fourth-order valence-corrected chi connectivity index (χ4v) is 0.713. The second-order valence-electron chi connectivity index (χ2n) is 2.32. The van der Waals surface area contributed by atoms with E-state index in [0.29, 0.717) is 0 Å². The summed E-state index contributed by atoms with van der Waals surface area (Å²) in [5.41, 5.74) is 0. The molecule has 0 aromatic rings. The lowest BCUT2D eigenvalue weighted by atomic mass is 10.1. The minimum atomic E-state index is -0.441. The molecule has 0 saturated carbocycles. The second-order valence-corrected chi connectivity index (χ2v) is 2.32. The van der Waals surface area contributed by atoms with Crippen molar-refractivity contribution in [2.45, 2.75) is 38.7 Å². The minimum Gasteiger partial charge on any atom is -0.394 e. The first-order chi connectivity index (χ1) is 4.81. The van der Waals surface area contributed by atoms with Crippen molar-refractivity contribution in [3.05, 3.63) is 0 Å². The van der Waals surface area contributed by atoms with Gasteiger partial charge in [0.15, 0.2) is 0 Å². The van der Waals surface area contributed by atoms with Crippen LogP contribution in [0.5, 0.6) is 0 Å². The molecule has 0 aromatic carbocycles. The quantitative estimate of drug-likeness (QED) is 0.529. The van der Waals surface area contributed by atoms with Gasteiger partial charge in [0.2, 0.25) is 1.43 Å². The van der Waals surface area contributed by atoms with Crippen LogP contribution in [0.1, 0.15) is 32.6 Å². The van der Waals surface area contributed by atoms with E-state index in [-0.39, 0.29) is 6.61 Å². The molecule has 0 bridgehead atoms. The maximum Gasteiger partial charge on any atom is 0.210 e. The molecule has 2 heteroatoms. The molecule has 56 valence electrons. The van der Waals surface area contributed by atoms with Crippen LogP contribution in [0.2, 0.25) is 0 Å². The maximum atomic E-state index is 9.03. The highest BCUT2D eigenvalue weighted by Gasteiger charge is 1.98. The third kappa shape index (κ3) is 5.80. The highest BCUT2D eigenvalue weighted by Crippen LogP contribution is 2.01. The summed E-state index contributed by atoms with van der Waals surface area (Å²) in [6, 6.07) is 0. The molecule has 0 aliphatic rings. The molecule has 0 saturated heterocycles. The van der Waals surface area contributed by atoms with E-state index in [0.717, 1.165) is 25.7 Å². The molecule has 0 fully saturated rings. The number of rotatable bonds is 6. The van der Waals surface area contributed by atoms with Gasteiger partial charge < -0.3 is 10.2 Å². The van der Waals surface area contributed by atoms with Crippen LogP contribution in [-0.4, -0.2) is 24.4 Å². The van der Waals surface area contributed by atoms with E-state index >= 15 is 0 Å². The Morgan fingerprint density at radius 3 is 2.89 bits per heavy atom. The number of aliphatic hydroxyl groups is 2.